The van der Waals surface area contributed by atoms with Gasteiger partial charge in [0, 0.05) is 18.2 Å². The fraction of sp³-hybridized carbons (Fsp3) is 0.450. The van der Waals surface area contributed by atoms with Gasteiger partial charge in [0.1, 0.15) is 5.76 Å². The lowest BCUT2D eigenvalue weighted by atomic mass is 10.2. The molecule has 1 aromatic carbocycles. The molecular weight excluding hydrogens is 378 g/mol. The zero-order valence-electron chi connectivity index (χ0n) is 16.2. The summed E-state index contributed by atoms with van der Waals surface area (Å²) < 4.78 is 33.4. The van der Waals surface area contributed by atoms with E-state index < -0.39 is 10.0 Å². The monoisotopic (exact) mass is 405 g/mol. The molecule has 1 aromatic heterocycles. The predicted molar refractivity (Wildman–Crippen MR) is 106 cm³/mol. The Labute approximate surface area is 166 Å². The molecule has 0 bridgehead atoms. The van der Waals surface area contributed by atoms with E-state index in [9.17, 15) is 13.2 Å². The summed E-state index contributed by atoms with van der Waals surface area (Å²) in [7, 11) is 0.175. The molecule has 1 fully saturated rings. The number of hydrogen-bond acceptors (Lipinski definition) is 5. The number of sulfonamides is 1. The molecule has 1 amide bonds. The molecule has 7 nitrogen and oxygen atoms in total. The van der Waals surface area contributed by atoms with Crippen molar-refractivity contribution in [2.75, 3.05) is 20.6 Å². The number of hydrogen-bond donors (Lipinski definition) is 2. The van der Waals surface area contributed by atoms with E-state index in [2.05, 4.69) is 10.0 Å². The molecule has 2 N–H and O–H groups in total. The summed E-state index contributed by atoms with van der Waals surface area (Å²) in [6, 6.07) is 9.67. The summed E-state index contributed by atoms with van der Waals surface area (Å²) >= 11 is 0. The lowest BCUT2D eigenvalue weighted by Crippen LogP contribution is -2.35. The standard InChI is InChI=1S/C20H27N3O4S/c1-23(2)18(19-11-6-12-27-19)14-21-20(24)15-7-5-10-17(13-15)28(25,26)22-16-8-3-4-9-16/h5-7,10-13,16,18,22H,3-4,8-9,14H2,1-2H3,(H,21,24). The van der Waals surface area contributed by atoms with Gasteiger partial charge < -0.3 is 9.73 Å². The van der Waals surface area contributed by atoms with Crippen LogP contribution in [-0.4, -0.2) is 45.9 Å². The molecule has 1 saturated carbocycles. The Balaban J connectivity index is 1.68. The van der Waals surface area contributed by atoms with Gasteiger partial charge in [0.25, 0.3) is 5.91 Å². The number of nitrogens with zero attached hydrogens (tertiary/aromatic N) is 1. The third kappa shape index (κ3) is 5.01. The van der Waals surface area contributed by atoms with E-state index in [0.717, 1.165) is 31.4 Å². The fourth-order valence-corrected chi connectivity index (χ4v) is 4.80. The molecule has 1 unspecified atom stereocenters. The van der Waals surface area contributed by atoms with Crippen molar-refractivity contribution in [2.45, 2.75) is 42.7 Å². The number of amides is 1. The third-order valence-electron chi connectivity index (χ3n) is 5.03. The minimum atomic E-state index is -3.63. The zero-order valence-corrected chi connectivity index (χ0v) is 17.0. The van der Waals surface area contributed by atoms with Crippen LogP contribution in [0.2, 0.25) is 0 Å². The van der Waals surface area contributed by atoms with Gasteiger partial charge >= 0.3 is 0 Å². The average Bonchev–Trinajstić information content (AvgIpc) is 3.35. The highest BCUT2D eigenvalue weighted by Gasteiger charge is 2.24. The summed E-state index contributed by atoms with van der Waals surface area (Å²) in [4.78, 5) is 14.7. The maximum absolute atomic E-state index is 12.6. The lowest BCUT2D eigenvalue weighted by Gasteiger charge is -2.22. The van der Waals surface area contributed by atoms with Gasteiger partial charge in [-0.25, -0.2) is 13.1 Å². The Morgan fingerprint density at radius 2 is 1.96 bits per heavy atom. The fourth-order valence-electron chi connectivity index (χ4n) is 3.45. The molecular formula is C20H27N3O4S. The summed E-state index contributed by atoms with van der Waals surface area (Å²) in [6.07, 6.45) is 5.40. The third-order valence-corrected chi connectivity index (χ3v) is 6.55. The Kier molecular flexibility index (Phi) is 6.53. The van der Waals surface area contributed by atoms with E-state index in [1.807, 2.05) is 25.1 Å². The second-order valence-electron chi connectivity index (χ2n) is 7.34. The Hall–Kier alpha value is -2.16. The van der Waals surface area contributed by atoms with Gasteiger partial charge in [-0.15, -0.1) is 0 Å². The molecule has 1 aliphatic rings. The van der Waals surface area contributed by atoms with Gasteiger partial charge in [0.2, 0.25) is 10.0 Å². The Morgan fingerprint density at radius 3 is 2.61 bits per heavy atom. The summed E-state index contributed by atoms with van der Waals surface area (Å²) in [6.45, 7) is 0.344. The van der Waals surface area contributed by atoms with Crippen molar-refractivity contribution in [1.82, 2.24) is 14.9 Å². The first kappa shape index (κ1) is 20.6. The maximum Gasteiger partial charge on any atom is 0.251 e. The van der Waals surface area contributed by atoms with Crippen LogP contribution in [0.4, 0.5) is 0 Å². The number of likely N-dealkylation sites (N-methyl/N-ethyl adjacent to an activating group) is 1. The van der Waals surface area contributed by atoms with Crippen LogP contribution >= 0.6 is 0 Å². The number of carbonyl (C=O) groups excluding carboxylic acids is 1. The molecule has 0 saturated heterocycles. The van der Waals surface area contributed by atoms with Gasteiger partial charge in [0.15, 0.2) is 0 Å². The van der Waals surface area contributed by atoms with Crippen molar-refractivity contribution in [3.8, 4) is 0 Å². The minimum Gasteiger partial charge on any atom is -0.468 e. The average molecular weight is 406 g/mol. The van der Waals surface area contributed by atoms with Gasteiger partial charge in [-0.2, -0.15) is 0 Å². The van der Waals surface area contributed by atoms with Gasteiger partial charge in [-0.05, 0) is 57.3 Å². The molecule has 3 rings (SSSR count). The van der Waals surface area contributed by atoms with Crippen molar-refractivity contribution in [2.24, 2.45) is 0 Å². The quantitative estimate of drug-likeness (QED) is 0.704. The van der Waals surface area contributed by atoms with E-state index in [-0.39, 0.29) is 22.9 Å². The van der Waals surface area contributed by atoms with Crippen molar-refractivity contribution >= 4 is 15.9 Å². The van der Waals surface area contributed by atoms with Crippen LogP contribution in [0.25, 0.3) is 0 Å². The smallest absolute Gasteiger partial charge is 0.251 e. The largest absolute Gasteiger partial charge is 0.468 e. The van der Waals surface area contributed by atoms with Crippen LogP contribution in [0.1, 0.15) is 47.8 Å². The highest BCUT2D eigenvalue weighted by atomic mass is 32.2. The Morgan fingerprint density at radius 1 is 1.21 bits per heavy atom. The number of rotatable bonds is 8. The normalized spacial score (nSPS) is 16.4. The molecule has 1 atom stereocenters. The molecule has 28 heavy (non-hydrogen) atoms. The van der Waals surface area contributed by atoms with Crippen molar-refractivity contribution in [3.05, 3.63) is 54.0 Å². The highest BCUT2D eigenvalue weighted by Crippen LogP contribution is 2.21. The second kappa shape index (κ2) is 8.89. The van der Waals surface area contributed by atoms with Gasteiger partial charge in [0.05, 0.1) is 17.2 Å². The van der Waals surface area contributed by atoms with Crippen LogP contribution in [0.15, 0.2) is 52.0 Å². The summed E-state index contributed by atoms with van der Waals surface area (Å²) in [5.41, 5.74) is 0.311. The first-order valence-corrected chi connectivity index (χ1v) is 11.0. The van der Waals surface area contributed by atoms with E-state index in [0.29, 0.717) is 12.1 Å². The van der Waals surface area contributed by atoms with E-state index in [1.54, 1.807) is 24.5 Å². The van der Waals surface area contributed by atoms with Crippen molar-refractivity contribution in [1.29, 1.82) is 0 Å². The van der Waals surface area contributed by atoms with Crippen LogP contribution in [-0.2, 0) is 10.0 Å². The summed E-state index contributed by atoms with van der Waals surface area (Å²) in [5.74, 6) is 0.429. The van der Waals surface area contributed by atoms with Crippen molar-refractivity contribution in [3.63, 3.8) is 0 Å². The van der Waals surface area contributed by atoms with Gasteiger partial charge in [-0.1, -0.05) is 18.9 Å². The predicted octanol–water partition coefficient (Wildman–Crippen LogP) is 2.53. The first-order chi connectivity index (χ1) is 13.4. The molecule has 0 aliphatic heterocycles. The first-order valence-electron chi connectivity index (χ1n) is 9.47. The highest BCUT2D eigenvalue weighted by molar-refractivity contribution is 7.89. The van der Waals surface area contributed by atoms with Crippen LogP contribution < -0.4 is 10.0 Å². The second-order valence-corrected chi connectivity index (χ2v) is 9.05. The molecule has 2 aromatic rings. The molecule has 0 spiro atoms. The molecule has 152 valence electrons. The number of carbonyl (C=O) groups is 1. The van der Waals surface area contributed by atoms with Gasteiger partial charge in [-0.3, -0.25) is 9.69 Å². The zero-order chi connectivity index (χ0) is 20.1. The molecule has 1 heterocycles. The van der Waals surface area contributed by atoms with Crippen LogP contribution in [0, 0.1) is 0 Å². The van der Waals surface area contributed by atoms with Crippen LogP contribution in [0.3, 0.4) is 0 Å². The SMILES string of the molecule is CN(C)C(CNC(=O)c1cccc(S(=O)(=O)NC2CCCC2)c1)c1ccco1. The van der Waals surface area contributed by atoms with E-state index in [4.69, 9.17) is 4.42 Å². The Bertz CT molecular complexity index is 888. The van der Waals surface area contributed by atoms with Crippen LogP contribution in [0.5, 0.6) is 0 Å². The molecule has 0 radical (unpaired) electrons. The number of furan rings is 1. The van der Waals surface area contributed by atoms with E-state index in [1.165, 1.54) is 12.1 Å². The molecule has 8 heteroatoms. The van der Waals surface area contributed by atoms with E-state index >= 15 is 0 Å². The minimum absolute atomic E-state index is 0.0170. The summed E-state index contributed by atoms with van der Waals surface area (Å²) in [5, 5.41) is 2.86. The lowest BCUT2D eigenvalue weighted by molar-refractivity contribution is 0.0939. The van der Waals surface area contributed by atoms with Crippen molar-refractivity contribution < 1.29 is 17.6 Å². The number of benzene rings is 1. The topological polar surface area (TPSA) is 91.7 Å². The maximum atomic E-state index is 12.6. The number of nitrogens with one attached hydrogen (secondary N) is 2. The molecule has 1 aliphatic carbocycles.